The molecule has 0 aliphatic heterocycles. The molecule has 1 aliphatic carbocycles. The van der Waals surface area contributed by atoms with Crippen LogP contribution < -0.4 is 5.32 Å². The molecule has 1 N–H and O–H groups in total. The number of para-hydroxylation sites is 2. The highest BCUT2D eigenvalue weighted by atomic mass is 35.5. The van der Waals surface area contributed by atoms with Crippen molar-refractivity contribution >= 4 is 50.9 Å². The maximum Gasteiger partial charge on any atom is 0.229 e. The van der Waals surface area contributed by atoms with E-state index < -0.39 is 9.75 Å². The number of aryl methyl sites for hydroxylation is 1. The van der Waals surface area contributed by atoms with Gasteiger partial charge in [0.05, 0.1) is 5.41 Å². The maximum absolute atomic E-state index is 12.2. The largest absolute Gasteiger partial charge is 0.355 e. The Labute approximate surface area is 156 Å². The van der Waals surface area contributed by atoms with Crippen LogP contribution in [0.5, 0.6) is 0 Å². The third kappa shape index (κ3) is 2.70. The van der Waals surface area contributed by atoms with Crippen molar-refractivity contribution in [2.24, 2.45) is 5.41 Å². The Morgan fingerprint density at radius 2 is 1.60 bits per heavy atom. The first-order chi connectivity index (χ1) is 11.9. The van der Waals surface area contributed by atoms with Gasteiger partial charge in [-0.3, -0.25) is 4.79 Å². The summed E-state index contributed by atoms with van der Waals surface area (Å²) in [5, 5.41) is 5.51. The van der Waals surface area contributed by atoms with Crippen molar-refractivity contribution in [1.29, 1.82) is 0 Å². The summed E-state index contributed by atoms with van der Waals surface area (Å²) in [7, 11) is 0. The van der Waals surface area contributed by atoms with E-state index in [0.717, 1.165) is 13.0 Å². The molecule has 1 aromatic heterocycles. The Kier molecular flexibility index (Phi) is 3.97. The number of halogens is 2. The van der Waals surface area contributed by atoms with E-state index in [9.17, 15) is 4.79 Å². The summed E-state index contributed by atoms with van der Waals surface area (Å²) in [6, 6.07) is 16.9. The molecule has 0 radical (unpaired) electrons. The molecule has 1 fully saturated rings. The van der Waals surface area contributed by atoms with Crippen molar-refractivity contribution in [2.45, 2.75) is 30.6 Å². The monoisotopic (exact) mass is 374 g/mol. The molecule has 4 rings (SSSR count). The smallest absolute Gasteiger partial charge is 0.229 e. The first-order valence-corrected chi connectivity index (χ1v) is 9.32. The van der Waals surface area contributed by atoms with Crippen molar-refractivity contribution in [1.82, 2.24) is 9.88 Å². The Hall–Kier alpha value is -1.71. The molecule has 0 saturated heterocycles. The van der Waals surface area contributed by atoms with E-state index >= 15 is 0 Å². The van der Waals surface area contributed by atoms with Crippen LogP contribution in [0.4, 0.5) is 0 Å². The lowest BCUT2D eigenvalue weighted by Gasteiger charge is -2.13. The molecule has 1 amide bonds. The fraction of sp³-hybridized carbons (Fsp3) is 0.350. The first-order valence-electron chi connectivity index (χ1n) is 8.56. The highest BCUT2D eigenvalue weighted by Crippen LogP contribution is 2.63. The van der Waals surface area contributed by atoms with E-state index in [2.05, 4.69) is 58.4 Å². The number of rotatable bonds is 5. The van der Waals surface area contributed by atoms with Crippen molar-refractivity contribution in [2.75, 3.05) is 6.54 Å². The second-order valence-corrected chi connectivity index (χ2v) is 8.49. The van der Waals surface area contributed by atoms with Crippen LogP contribution >= 0.6 is 23.2 Å². The minimum atomic E-state index is -0.913. The van der Waals surface area contributed by atoms with Gasteiger partial charge in [-0.15, -0.1) is 23.2 Å². The number of carbonyl (C=O) groups excluding carboxylic acids is 1. The number of hydrogen-bond acceptors (Lipinski definition) is 1. The SMILES string of the molecule is C[C@@]1(C(=O)NCCCn2c3ccccc3c3ccccc32)CC1(Cl)Cl. The van der Waals surface area contributed by atoms with Crippen LogP contribution in [0.1, 0.15) is 19.8 Å². The number of hydrogen-bond donors (Lipinski definition) is 1. The van der Waals surface area contributed by atoms with E-state index in [4.69, 9.17) is 23.2 Å². The van der Waals surface area contributed by atoms with Crippen LogP contribution in [0.3, 0.4) is 0 Å². The summed E-state index contributed by atoms with van der Waals surface area (Å²) >= 11 is 12.1. The Bertz CT molecular complexity index is 909. The van der Waals surface area contributed by atoms with E-state index in [0.29, 0.717) is 13.0 Å². The Morgan fingerprint density at radius 1 is 1.08 bits per heavy atom. The third-order valence-corrected chi connectivity index (χ3v) is 6.38. The van der Waals surface area contributed by atoms with Crippen molar-refractivity contribution in [3.63, 3.8) is 0 Å². The lowest BCUT2D eigenvalue weighted by molar-refractivity contribution is -0.125. The molecule has 3 aromatic rings. The van der Waals surface area contributed by atoms with Crippen LogP contribution in [-0.4, -0.2) is 21.4 Å². The summed E-state index contributed by atoms with van der Waals surface area (Å²) in [4.78, 5) is 12.2. The predicted molar refractivity (Wildman–Crippen MR) is 104 cm³/mol. The molecule has 1 aliphatic rings. The van der Waals surface area contributed by atoms with Gasteiger partial charge < -0.3 is 9.88 Å². The molecular formula is C20H20Cl2N2O. The van der Waals surface area contributed by atoms with Crippen molar-refractivity contribution in [3.05, 3.63) is 48.5 Å². The number of alkyl halides is 2. The van der Waals surface area contributed by atoms with Gasteiger partial charge in [0.15, 0.2) is 0 Å². The van der Waals surface area contributed by atoms with Crippen LogP contribution in [-0.2, 0) is 11.3 Å². The number of aromatic nitrogens is 1. The molecule has 0 unspecified atom stereocenters. The summed E-state index contributed by atoms with van der Waals surface area (Å²) in [5.74, 6) is -0.0558. The van der Waals surface area contributed by atoms with Gasteiger partial charge in [0.2, 0.25) is 5.91 Å². The summed E-state index contributed by atoms with van der Waals surface area (Å²) < 4.78 is 1.41. The minimum absolute atomic E-state index is 0.0558. The number of fused-ring (bicyclic) bond motifs is 3. The first kappa shape index (κ1) is 16.7. The number of nitrogens with zero attached hydrogens (tertiary/aromatic N) is 1. The molecule has 2 aromatic carbocycles. The molecule has 1 atom stereocenters. The second-order valence-electron chi connectivity index (χ2n) is 7.01. The van der Waals surface area contributed by atoms with Gasteiger partial charge in [-0.1, -0.05) is 36.4 Å². The molecule has 3 nitrogen and oxygen atoms in total. The highest BCUT2D eigenvalue weighted by molar-refractivity contribution is 6.53. The average molecular weight is 375 g/mol. The van der Waals surface area contributed by atoms with E-state index in [1.807, 2.05) is 6.92 Å². The van der Waals surface area contributed by atoms with Gasteiger partial charge >= 0.3 is 0 Å². The summed E-state index contributed by atoms with van der Waals surface area (Å²) in [6.45, 7) is 3.27. The second kappa shape index (κ2) is 5.93. The number of nitrogens with one attached hydrogen (secondary N) is 1. The highest BCUT2D eigenvalue weighted by Gasteiger charge is 2.67. The van der Waals surface area contributed by atoms with E-state index in [1.54, 1.807) is 0 Å². The molecule has 0 bridgehead atoms. The molecule has 0 spiro atoms. The van der Waals surface area contributed by atoms with Gasteiger partial charge in [-0.2, -0.15) is 0 Å². The van der Waals surface area contributed by atoms with Gasteiger partial charge in [0.1, 0.15) is 4.33 Å². The maximum atomic E-state index is 12.2. The Morgan fingerprint density at radius 3 is 2.12 bits per heavy atom. The third-order valence-electron chi connectivity index (χ3n) is 5.28. The van der Waals surface area contributed by atoms with E-state index in [1.165, 1.54) is 21.8 Å². The summed E-state index contributed by atoms with van der Waals surface area (Å²) in [5.41, 5.74) is 1.80. The Balaban J connectivity index is 1.47. The van der Waals surface area contributed by atoms with E-state index in [-0.39, 0.29) is 5.91 Å². The zero-order valence-electron chi connectivity index (χ0n) is 14.1. The molecule has 130 valence electrons. The van der Waals surface area contributed by atoms with Gasteiger partial charge in [-0.25, -0.2) is 0 Å². The number of carbonyl (C=O) groups is 1. The van der Waals surface area contributed by atoms with Gasteiger partial charge in [0.25, 0.3) is 0 Å². The topological polar surface area (TPSA) is 34.0 Å². The molecule has 1 heterocycles. The quantitative estimate of drug-likeness (QED) is 0.500. The number of amides is 1. The summed E-state index contributed by atoms with van der Waals surface area (Å²) in [6.07, 6.45) is 1.36. The van der Waals surface area contributed by atoms with Crippen LogP contribution in [0.2, 0.25) is 0 Å². The fourth-order valence-corrected chi connectivity index (χ4v) is 4.23. The zero-order chi connectivity index (χ0) is 17.7. The van der Waals surface area contributed by atoms with Crippen molar-refractivity contribution in [3.8, 4) is 0 Å². The lowest BCUT2D eigenvalue weighted by Crippen LogP contribution is -2.34. The molecule has 5 heteroatoms. The van der Waals surface area contributed by atoms with Gasteiger partial charge in [-0.05, 0) is 31.9 Å². The number of benzene rings is 2. The molecular weight excluding hydrogens is 355 g/mol. The zero-order valence-corrected chi connectivity index (χ0v) is 15.6. The van der Waals surface area contributed by atoms with Gasteiger partial charge in [0, 0.05) is 34.9 Å². The molecule has 25 heavy (non-hydrogen) atoms. The van der Waals surface area contributed by atoms with Crippen LogP contribution in [0.25, 0.3) is 21.8 Å². The predicted octanol–water partition coefficient (Wildman–Crippen LogP) is 4.88. The standard InChI is InChI=1S/C20H20Cl2N2O/c1-19(13-20(19,21)22)18(25)23-11-6-12-24-16-9-4-2-7-14(16)15-8-3-5-10-17(15)24/h2-5,7-10H,6,11-13H2,1H3,(H,23,25)/t19-/m0/s1. The average Bonchev–Trinajstić information content (AvgIpc) is 2.99. The fourth-order valence-electron chi connectivity index (χ4n) is 3.52. The molecule has 1 saturated carbocycles. The lowest BCUT2D eigenvalue weighted by atomic mass is 10.1. The van der Waals surface area contributed by atoms with Crippen LogP contribution in [0.15, 0.2) is 48.5 Å². The van der Waals surface area contributed by atoms with Crippen molar-refractivity contribution < 1.29 is 4.79 Å². The normalized spacial score (nSPS) is 21.6. The van der Waals surface area contributed by atoms with Crippen LogP contribution in [0, 0.1) is 5.41 Å². The minimum Gasteiger partial charge on any atom is -0.355 e.